The first-order valence-corrected chi connectivity index (χ1v) is 10.2. The molecule has 2 aliphatic rings. The van der Waals surface area contributed by atoms with E-state index in [1.165, 1.54) is 12.1 Å². The summed E-state index contributed by atoms with van der Waals surface area (Å²) in [5.74, 6) is 0.399. The van der Waals surface area contributed by atoms with Gasteiger partial charge in [0, 0.05) is 26.8 Å². The van der Waals surface area contributed by atoms with E-state index in [2.05, 4.69) is 9.97 Å². The predicted molar refractivity (Wildman–Crippen MR) is 108 cm³/mol. The number of aromatic nitrogens is 2. The van der Waals surface area contributed by atoms with Crippen molar-refractivity contribution in [1.29, 1.82) is 0 Å². The van der Waals surface area contributed by atoms with Crippen molar-refractivity contribution in [3.63, 3.8) is 0 Å². The molecule has 0 N–H and O–H groups in total. The Labute approximate surface area is 170 Å². The number of anilines is 1. The van der Waals surface area contributed by atoms with E-state index >= 15 is 0 Å². The molecule has 29 heavy (non-hydrogen) atoms. The van der Waals surface area contributed by atoms with Crippen molar-refractivity contribution < 1.29 is 13.9 Å². The van der Waals surface area contributed by atoms with Gasteiger partial charge in [-0.25, -0.2) is 14.4 Å². The zero-order valence-electron chi connectivity index (χ0n) is 17.0. The van der Waals surface area contributed by atoms with Crippen LogP contribution < -0.4 is 4.90 Å². The van der Waals surface area contributed by atoms with E-state index in [-0.39, 0.29) is 17.8 Å². The van der Waals surface area contributed by atoms with Gasteiger partial charge in [-0.2, -0.15) is 0 Å². The third-order valence-corrected chi connectivity index (χ3v) is 5.99. The van der Waals surface area contributed by atoms with Gasteiger partial charge in [0.1, 0.15) is 11.9 Å². The lowest BCUT2D eigenvalue weighted by Crippen LogP contribution is -2.50. The van der Waals surface area contributed by atoms with Crippen molar-refractivity contribution >= 4 is 11.9 Å². The average Bonchev–Trinajstić information content (AvgIpc) is 3.24. The summed E-state index contributed by atoms with van der Waals surface area (Å²) in [6, 6.07) is 8.37. The highest BCUT2D eigenvalue weighted by atomic mass is 19.1. The minimum absolute atomic E-state index is 0.0794. The zero-order chi connectivity index (χ0) is 20.4. The average molecular weight is 398 g/mol. The van der Waals surface area contributed by atoms with Crippen LogP contribution in [0.4, 0.5) is 10.3 Å². The maximum Gasteiger partial charge on any atom is 0.233 e. The minimum Gasteiger partial charge on any atom is -0.368 e. The molecule has 1 atom stereocenters. The van der Waals surface area contributed by atoms with E-state index in [1.807, 2.05) is 36.0 Å². The van der Waals surface area contributed by atoms with Gasteiger partial charge in [0.25, 0.3) is 0 Å². The molecule has 0 bridgehead atoms. The van der Waals surface area contributed by atoms with Gasteiger partial charge < -0.3 is 14.5 Å². The highest BCUT2D eigenvalue weighted by molar-refractivity contribution is 5.88. The molecule has 1 aromatic heterocycles. The van der Waals surface area contributed by atoms with Crippen molar-refractivity contribution in [2.24, 2.45) is 0 Å². The summed E-state index contributed by atoms with van der Waals surface area (Å²) in [6.45, 7) is 1.44. The van der Waals surface area contributed by atoms with Crippen molar-refractivity contribution in [2.75, 3.05) is 38.7 Å². The number of morpholine rings is 1. The lowest BCUT2D eigenvalue weighted by Gasteiger charge is -2.39. The summed E-state index contributed by atoms with van der Waals surface area (Å²) in [5.41, 5.74) is 0.928. The number of benzene rings is 1. The third-order valence-electron chi connectivity index (χ3n) is 5.99. The van der Waals surface area contributed by atoms with Gasteiger partial charge in [0.15, 0.2) is 0 Å². The summed E-state index contributed by atoms with van der Waals surface area (Å²) >= 11 is 0. The van der Waals surface area contributed by atoms with Crippen LogP contribution in [-0.2, 0) is 14.9 Å². The van der Waals surface area contributed by atoms with Gasteiger partial charge in [-0.15, -0.1) is 0 Å². The quantitative estimate of drug-likeness (QED) is 0.792. The number of hydrogen-bond donors (Lipinski definition) is 0. The lowest BCUT2D eigenvalue weighted by atomic mass is 9.77. The van der Waals surface area contributed by atoms with Crippen molar-refractivity contribution in [1.82, 2.24) is 14.9 Å². The number of nitrogens with zero attached hydrogens (tertiary/aromatic N) is 4. The molecule has 1 aliphatic heterocycles. The number of amides is 1. The molecule has 0 radical (unpaired) electrons. The highest BCUT2D eigenvalue weighted by Crippen LogP contribution is 2.43. The van der Waals surface area contributed by atoms with Crippen LogP contribution >= 0.6 is 0 Å². The highest BCUT2D eigenvalue weighted by Gasteiger charge is 2.46. The van der Waals surface area contributed by atoms with Gasteiger partial charge >= 0.3 is 0 Å². The summed E-state index contributed by atoms with van der Waals surface area (Å²) in [7, 11) is 3.78. The number of hydrogen-bond acceptors (Lipinski definition) is 5. The van der Waals surface area contributed by atoms with Crippen LogP contribution in [0.25, 0.3) is 0 Å². The summed E-state index contributed by atoms with van der Waals surface area (Å²) in [4.78, 5) is 26.2. The van der Waals surface area contributed by atoms with Gasteiger partial charge in [0.2, 0.25) is 11.9 Å². The zero-order valence-corrected chi connectivity index (χ0v) is 17.0. The Hall–Kier alpha value is -2.54. The molecule has 154 valence electrons. The van der Waals surface area contributed by atoms with E-state index in [0.29, 0.717) is 25.6 Å². The van der Waals surface area contributed by atoms with Crippen molar-refractivity contribution in [3.05, 3.63) is 53.6 Å². The number of carbonyl (C=O) groups excluding carboxylic acids is 1. The molecule has 7 heteroatoms. The fourth-order valence-electron chi connectivity index (χ4n) is 4.46. The van der Waals surface area contributed by atoms with Crippen LogP contribution in [0.3, 0.4) is 0 Å². The van der Waals surface area contributed by atoms with Gasteiger partial charge in [0.05, 0.1) is 24.3 Å². The minimum atomic E-state index is -0.634. The molecular weight excluding hydrogens is 371 g/mol. The number of rotatable bonds is 4. The normalized spacial score (nSPS) is 21.2. The maximum atomic E-state index is 13.9. The second-order valence-electron chi connectivity index (χ2n) is 8.09. The molecule has 2 heterocycles. The lowest BCUT2D eigenvalue weighted by molar-refractivity contribution is -0.145. The van der Waals surface area contributed by atoms with Crippen LogP contribution in [0.15, 0.2) is 36.5 Å². The summed E-state index contributed by atoms with van der Waals surface area (Å²) in [5, 5.41) is 0. The Morgan fingerprint density at radius 1 is 1.28 bits per heavy atom. The molecule has 4 rings (SSSR count). The number of ether oxygens (including phenoxy) is 1. The molecule has 1 unspecified atom stereocenters. The topological polar surface area (TPSA) is 58.6 Å². The predicted octanol–water partition coefficient (Wildman–Crippen LogP) is 3.09. The molecule has 6 nitrogen and oxygen atoms in total. The van der Waals surface area contributed by atoms with Crippen LogP contribution in [0, 0.1) is 5.82 Å². The Balaban J connectivity index is 1.58. The van der Waals surface area contributed by atoms with E-state index in [0.717, 1.165) is 36.9 Å². The van der Waals surface area contributed by atoms with Crippen molar-refractivity contribution in [2.45, 2.75) is 37.2 Å². The number of halogens is 1. The number of carbonyl (C=O) groups is 1. The van der Waals surface area contributed by atoms with Crippen LogP contribution in [0.2, 0.25) is 0 Å². The molecule has 1 aromatic carbocycles. The van der Waals surface area contributed by atoms with E-state index in [4.69, 9.17) is 4.74 Å². The van der Waals surface area contributed by atoms with Crippen LogP contribution in [-0.4, -0.2) is 54.6 Å². The second kappa shape index (κ2) is 8.06. The van der Waals surface area contributed by atoms with E-state index in [1.54, 1.807) is 12.3 Å². The van der Waals surface area contributed by atoms with Gasteiger partial charge in [-0.3, -0.25) is 4.79 Å². The molecule has 1 saturated heterocycles. The summed E-state index contributed by atoms with van der Waals surface area (Å²) in [6.07, 6.45) is 4.90. The molecule has 1 saturated carbocycles. The molecule has 1 aliphatic carbocycles. The van der Waals surface area contributed by atoms with Crippen molar-refractivity contribution in [3.8, 4) is 0 Å². The SMILES string of the molecule is CN(C)c1nccc(C2CN(C(=O)C3(c4cccc(F)c4)CCCC3)CCO2)n1. The van der Waals surface area contributed by atoms with Gasteiger partial charge in [-0.1, -0.05) is 25.0 Å². The first-order valence-electron chi connectivity index (χ1n) is 10.2. The molecule has 1 amide bonds. The largest absolute Gasteiger partial charge is 0.368 e. The summed E-state index contributed by atoms with van der Waals surface area (Å²) < 4.78 is 19.9. The smallest absolute Gasteiger partial charge is 0.233 e. The third kappa shape index (κ3) is 3.83. The molecule has 2 aromatic rings. The van der Waals surface area contributed by atoms with Crippen LogP contribution in [0.5, 0.6) is 0 Å². The van der Waals surface area contributed by atoms with Gasteiger partial charge in [-0.05, 0) is 36.6 Å². The molecule has 2 fully saturated rings. The fraction of sp³-hybridized carbons (Fsp3) is 0.500. The van der Waals surface area contributed by atoms with E-state index < -0.39 is 5.41 Å². The maximum absolute atomic E-state index is 13.9. The molecular formula is C22H27FN4O2. The van der Waals surface area contributed by atoms with E-state index in [9.17, 15) is 9.18 Å². The Morgan fingerprint density at radius 2 is 2.07 bits per heavy atom. The monoisotopic (exact) mass is 398 g/mol. The fourth-order valence-corrected chi connectivity index (χ4v) is 4.46. The standard InChI is InChI=1S/C22H27FN4O2/c1-26(2)21-24-11-8-18(25-21)19-15-27(12-13-29-19)20(28)22(9-3-4-10-22)16-6-5-7-17(23)14-16/h5-8,11,14,19H,3-4,9-10,12-13,15H2,1-2H3. The Kier molecular flexibility index (Phi) is 5.50. The Morgan fingerprint density at radius 3 is 2.79 bits per heavy atom. The first kappa shape index (κ1) is 19.8. The van der Waals surface area contributed by atoms with Crippen LogP contribution in [0.1, 0.15) is 43.0 Å². The second-order valence-corrected chi connectivity index (χ2v) is 8.09. The first-order chi connectivity index (χ1) is 14.0. The Bertz CT molecular complexity index is 883. The molecule has 0 spiro atoms.